The third-order valence-corrected chi connectivity index (χ3v) is 4.10. The number of anilines is 1. The number of aliphatic carboxylic acids is 1. The van der Waals surface area contributed by atoms with Crippen LogP contribution in [-0.2, 0) is 21.2 Å². The molecular weight excluding hydrogens is 282 g/mol. The standard InChI is InChI=1S/C12H13N3O4S/c1-8-11(7-13-14-8)20(18,19)15-10-4-2-3-9(5-10)6-12(16)17/h2-5,7,15H,6H2,1H3,(H,13,14)(H,16,17). The number of benzene rings is 1. The van der Waals surface area contributed by atoms with E-state index < -0.39 is 16.0 Å². The summed E-state index contributed by atoms with van der Waals surface area (Å²) in [6.07, 6.45) is 1.05. The highest BCUT2D eigenvalue weighted by Crippen LogP contribution is 2.18. The van der Waals surface area contributed by atoms with Crippen LogP contribution in [0.25, 0.3) is 0 Å². The van der Waals surface area contributed by atoms with Gasteiger partial charge in [0.15, 0.2) is 0 Å². The van der Waals surface area contributed by atoms with Crippen LogP contribution in [0.5, 0.6) is 0 Å². The molecule has 0 spiro atoms. The number of carbonyl (C=O) groups is 1. The van der Waals surface area contributed by atoms with E-state index >= 15 is 0 Å². The molecule has 1 aromatic carbocycles. The van der Waals surface area contributed by atoms with Crippen molar-refractivity contribution in [2.45, 2.75) is 18.2 Å². The minimum atomic E-state index is -3.74. The maximum atomic E-state index is 12.1. The average molecular weight is 295 g/mol. The zero-order valence-electron chi connectivity index (χ0n) is 10.6. The van der Waals surface area contributed by atoms with E-state index in [-0.39, 0.29) is 11.3 Å². The first kappa shape index (κ1) is 14.1. The van der Waals surface area contributed by atoms with Crippen molar-refractivity contribution in [1.29, 1.82) is 0 Å². The molecule has 0 saturated carbocycles. The largest absolute Gasteiger partial charge is 0.481 e. The molecule has 0 amide bonds. The van der Waals surface area contributed by atoms with Gasteiger partial charge >= 0.3 is 5.97 Å². The Morgan fingerprint density at radius 2 is 2.20 bits per heavy atom. The lowest BCUT2D eigenvalue weighted by Gasteiger charge is -2.08. The maximum Gasteiger partial charge on any atom is 0.307 e. The molecule has 0 fully saturated rings. The van der Waals surface area contributed by atoms with E-state index in [1.165, 1.54) is 12.3 Å². The lowest BCUT2D eigenvalue weighted by atomic mass is 10.1. The Morgan fingerprint density at radius 1 is 1.45 bits per heavy atom. The zero-order chi connectivity index (χ0) is 14.8. The number of nitrogens with zero attached hydrogens (tertiary/aromatic N) is 1. The number of aromatic amines is 1. The molecular formula is C12H13N3O4S. The first-order valence-corrected chi connectivity index (χ1v) is 7.20. The number of carboxylic acids is 1. The summed E-state index contributed by atoms with van der Waals surface area (Å²) in [5, 5.41) is 14.9. The van der Waals surface area contributed by atoms with Gasteiger partial charge in [-0.2, -0.15) is 5.10 Å². The second-order valence-electron chi connectivity index (χ2n) is 4.24. The Labute approximate surface area is 115 Å². The molecule has 106 valence electrons. The summed E-state index contributed by atoms with van der Waals surface area (Å²) >= 11 is 0. The minimum Gasteiger partial charge on any atom is -0.481 e. The zero-order valence-corrected chi connectivity index (χ0v) is 11.4. The third kappa shape index (κ3) is 3.15. The monoisotopic (exact) mass is 295 g/mol. The first-order chi connectivity index (χ1) is 9.38. The van der Waals surface area contributed by atoms with Gasteiger partial charge in [0, 0.05) is 5.69 Å². The summed E-state index contributed by atoms with van der Waals surface area (Å²) in [5.74, 6) is -0.976. The van der Waals surface area contributed by atoms with Crippen molar-refractivity contribution >= 4 is 21.7 Å². The van der Waals surface area contributed by atoms with Gasteiger partial charge in [0.1, 0.15) is 4.90 Å². The molecule has 0 unspecified atom stereocenters. The fourth-order valence-corrected chi connectivity index (χ4v) is 2.93. The van der Waals surface area contributed by atoms with Gasteiger partial charge in [0.2, 0.25) is 0 Å². The van der Waals surface area contributed by atoms with Crippen LogP contribution in [0.2, 0.25) is 0 Å². The molecule has 0 bridgehead atoms. The van der Waals surface area contributed by atoms with Gasteiger partial charge < -0.3 is 5.11 Å². The number of sulfonamides is 1. The maximum absolute atomic E-state index is 12.1. The number of nitrogens with one attached hydrogen (secondary N) is 2. The van der Waals surface area contributed by atoms with Crippen LogP contribution >= 0.6 is 0 Å². The van der Waals surface area contributed by atoms with E-state index in [9.17, 15) is 13.2 Å². The SMILES string of the molecule is Cc1[nH]ncc1S(=O)(=O)Nc1cccc(CC(=O)O)c1. The van der Waals surface area contributed by atoms with E-state index in [0.717, 1.165) is 0 Å². The second-order valence-corrected chi connectivity index (χ2v) is 5.89. The molecule has 1 aromatic heterocycles. The number of H-pyrrole nitrogens is 1. The summed E-state index contributed by atoms with van der Waals surface area (Å²) in [6.45, 7) is 1.60. The van der Waals surface area contributed by atoms with Crippen molar-refractivity contribution in [2.75, 3.05) is 4.72 Å². The molecule has 20 heavy (non-hydrogen) atoms. The van der Waals surface area contributed by atoms with E-state index in [1.807, 2.05) is 0 Å². The van der Waals surface area contributed by atoms with Gasteiger partial charge in [0.05, 0.1) is 18.3 Å². The van der Waals surface area contributed by atoms with Gasteiger partial charge in [-0.05, 0) is 24.6 Å². The summed E-state index contributed by atoms with van der Waals surface area (Å²) in [4.78, 5) is 10.7. The van der Waals surface area contributed by atoms with Crippen molar-refractivity contribution in [3.8, 4) is 0 Å². The van der Waals surface area contributed by atoms with Gasteiger partial charge in [0.25, 0.3) is 10.0 Å². The summed E-state index contributed by atoms with van der Waals surface area (Å²) in [7, 11) is -3.74. The highest BCUT2D eigenvalue weighted by molar-refractivity contribution is 7.92. The predicted octanol–water partition coefficient (Wildman–Crippen LogP) is 1.15. The molecule has 0 aliphatic rings. The van der Waals surface area contributed by atoms with E-state index in [2.05, 4.69) is 14.9 Å². The molecule has 3 N–H and O–H groups in total. The van der Waals surface area contributed by atoms with Crippen LogP contribution in [0, 0.1) is 6.92 Å². The first-order valence-electron chi connectivity index (χ1n) is 5.72. The number of hydrogen-bond acceptors (Lipinski definition) is 4. The normalized spacial score (nSPS) is 11.2. The number of aryl methyl sites for hydroxylation is 1. The van der Waals surface area contributed by atoms with Crippen molar-refractivity contribution < 1.29 is 18.3 Å². The third-order valence-electron chi connectivity index (χ3n) is 2.61. The van der Waals surface area contributed by atoms with Crippen molar-refractivity contribution in [1.82, 2.24) is 10.2 Å². The van der Waals surface area contributed by atoms with Gasteiger partial charge in [-0.1, -0.05) is 12.1 Å². The second kappa shape index (κ2) is 5.33. The smallest absolute Gasteiger partial charge is 0.307 e. The fraction of sp³-hybridized carbons (Fsp3) is 0.167. The van der Waals surface area contributed by atoms with Crippen LogP contribution in [-0.4, -0.2) is 29.7 Å². The van der Waals surface area contributed by atoms with E-state index in [1.54, 1.807) is 25.1 Å². The van der Waals surface area contributed by atoms with Gasteiger partial charge in [-0.25, -0.2) is 8.42 Å². The predicted molar refractivity (Wildman–Crippen MR) is 71.9 cm³/mol. The molecule has 2 rings (SSSR count). The van der Waals surface area contributed by atoms with Crippen LogP contribution in [0.3, 0.4) is 0 Å². The molecule has 0 atom stereocenters. The summed E-state index contributed by atoms with van der Waals surface area (Å²) in [5.41, 5.74) is 1.25. The molecule has 0 aliphatic heterocycles. The van der Waals surface area contributed by atoms with E-state index in [4.69, 9.17) is 5.11 Å². The molecule has 0 saturated heterocycles. The van der Waals surface area contributed by atoms with Gasteiger partial charge in [-0.15, -0.1) is 0 Å². The summed E-state index contributed by atoms with van der Waals surface area (Å²) in [6, 6.07) is 6.26. The average Bonchev–Trinajstić information content (AvgIpc) is 2.75. The Balaban J connectivity index is 2.26. The fourth-order valence-electron chi connectivity index (χ4n) is 1.74. The lowest BCUT2D eigenvalue weighted by Crippen LogP contribution is -2.13. The van der Waals surface area contributed by atoms with Gasteiger partial charge in [-0.3, -0.25) is 14.6 Å². The minimum absolute atomic E-state index is 0.0566. The Bertz CT molecular complexity index is 737. The highest BCUT2D eigenvalue weighted by Gasteiger charge is 2.18. The number of hydrogen-bond donors (Lipinski definition) is 3. The molecule has 2 aromatic rings. The number of carboxylic acid groups (broad SMARTS) is 1. The van der Waals surface area contributed by atoms with Crippen molar-refractivity contribution in [3.63, 3.8) is 0 Å². The molecule has 0 radical (unpaired) electrons. The van der Waals surface area contributed by atoms with Crippen LogP contribution in [0.1, 0.15) is 11.3 Å². The Hall–Kier alpha value is -2.35. The highest BCUT2D eigenvalue weighted by atomic mass is 32.2. The Kier molecular flexibility index (Phi) is 3.75. The van der Waals surface area contributed by atoms with Crippen LogP contribution < -0.4 is 4.72 Å². The Morgan fingerprint density at radius 3 is 2.80 bits per heavy atom. The number of aromatic nitrogens is 2. The summed E-state index contributed by atoms with van der Waals surface area (Å²) < 4.78 is 26.7. The topological polar surface area (TPSA) is 112 Å². The van der Waals surface area contributed by atoms with Crippen molar-refractivity contribution in [2.24, 2.45) is 0 Å². The quantitative estimate of drug-likeness (QED) is 0.766. The molecule has 0 aliphatic carbocycles. The molecule has 8 heteroatoms. The molecule has 1 heterocycles. The van der Waals surface area contributed by atoms with E-state index in [0.29, 0.717) is 16.9 Å². The molecule has 7 nitrogen and oxygen atoms in total. The van der Waals surface area contributed by atoms with Crippen LogP contribution in [0.4, 0.5) is 5.69 Å². The number of rotatable bonds is 5. The lowest BCUT2D eigenvalue weighted by molar-refractivity contribution is -0.136. The van der Waals surface area contributed by atoms with Crippen molar-refractivity contribution in [3.05, 3.63) is 41.7 Å². The van der Waals surface area contributed by atoms with Crippen LogP contribution in [0.15, 0.2) is 35.4 Å².